The molecule has 0 fully saturated rings. The van der Waals surface area contributed by atoms with Gasteiger partial charge in [0.1, 0.15) is 24.0 Å². The van der Waals surface area contributed by atoms with Gasteiger partial charge in [0.25, 0.3) is 0 Å². The average molecular weight is 333 g/mol. The lowest BCUT2D eigenvalue weighted by atomic mass is 9.96. The molecule has 6 heteroatoms. The van der Waals surface area contributed by atoms with Gasteiger partial charge in [0.15, 0.2) is 0 Å². The van der Waals surface area contributed by atoms with Gasteiger partial charge < -0.3 is 15.2 Å². The summed E-state index contributed by atoms with van der Waals surface area (Å²) in [6, 6.07) is 8.59. The fourth-order valence-electron chi connectivity index (χ4n) is 2.72. The molecule has 0 bridgehead atoms. The Morgan fingerprint density at radius 1 is 1.25 bits per heavy atom. The quantitative estimate of drug-likeness (QED) is 0.903. The number of aliphatic hydroxyl groups excluding tert-OH is 1. The van der Waals surface area contributed by atoms with Gasteiger partial charge in [-0.3, -0.25) is 4.79 Å². The van der Waals surface area contributed by atoms with Crippen LogP contribution < -0.4 is 10.1 Å². The minimum absolute atomic E-state index is 0.187. The zero-order chi connectivity index (χ0) is 17.1. The van der Waals surface area contributed by atoms with E-state index in [0.29, 0.717) is 23.3 Å². The first-order valence-corrected chi connectivity index (χ1v) is 7.64. The van der Waals surface area contributed by atoms with Crippen LogP contribution in [-0.4, -0.2) is 17.6 Å². The van der Waals surface area contributed by atoms with Crippen LogP contribution in [-0.2, 0) is 24.4 Å². The second kappa shape index (κ2) is 6.97. The lowest BCUT2D eigenvalue weighted by Crippen LogP contribution is -2.37. The minimum atomic E-state index is -0.480. The van der Waals surface area contributed by atoms with Crippen molar-refractivity contribution >= 4 is 5.91 Å². The van der Waals surface area contributed by atoms with Crippen molar-refractivity contribution in [1.29, 1.82) is 0 Å². The van der Waals surface area contributed by atoms with Crippen molar-refractivity contribution in [3.05, 3.63) is 64.7 Å². The highest BCUT2D eigenvalue weighted by atomic mass is 19.1. The van der Waals surface area contributed by atoms with Gasteiger partial charge in [-0.15, -0.1) is 0 Å². The van der Waals surface area contributed by atoms with Crippen LogP contribution in [0.3, 0.4) is 0 Å². The minimum Gasteiger partial charge on any atom is -0.492 e. The zero-order valence-electron chi connectivity index (χ0n) is 12.9. The van der Waals surface area contributed by atoms with Crippen LogP contribution >= 0.6 is 0 Å². The summed E-state index contributed by atoms with van der Waals surface area (Å²) in [4.78, 5) is 12.3. The number of carbonyl (C=O) groups excluding carboxylic acids is 1. The van der Waals surface area contributed by atoms with Crippen LogP contribution in [0, 0.1) is 17.6 Å². The van der Waals surface area contributed by atoms with Crippen molar-refractivity contribution < 1.29 is 23.4 Å². The standard InChI is InChI=1S/C18H17F2NO3/c19-15-2-4-17-12(7-15)6-14(10-24-17)18(23)21-8-11-1-3-16(20)13(5-11)9-22/h1-5,7,14,22H,6,8-10H2,(H,21,23). The van der Waals surface area contributed by atoms with Crippen LogP contribution in [0.25, 0.3) is 0 Å². The number of carbonyl (C=O) groups is 1. The van der Waals surface area contributed by atoms with E-state index in [1.807, 2.05) is 0 Å². The van der Waals surface area contributed by atoms with E-state index in [0.717, 1.165) is 0 Å². The summed E-state index contributed by atoms with van der Waals surface area (Å²) >= 11 is 0. The lowest BCUT2D eigenvalue weighted by molar-refractivity contribution is -0.126. The number of halogens is 2. The summed E-state index contributed by atoms with van der Waals surface area (Å²) in [6.07, 6.45) is 0.407. The summed E-state index contributed by atoms with van der Waals surface area (Å²) in [5.41, 5.74) is 1.55. The predicted octanol–water partition coefficient (Wildman–Crippen LogP) is 2.32. The highest BCUT2D eigenvalue weighted by Crippen LogP contribution is 2.28. The van der Waals surface area contributed by atoms with Crippen LogP contribution in [0.4, 0.5) is 8.78 Å². The highest BCUT2D eigenvalue weighted by molar-refractivity contribution is 5.79. The molecule has 2 N–H and O–H groups in total. The molecule has 3 rings (SSSR count). The number of benzene rings is 2. The van der Waals surface area contributed by atoms with Gasteiger partial charge in [-0.2, -0.15) is 0 Å². The molecule has 1 heterocycles. The third-order valence-electron chi connectivity index (χ3n) is 4.05. The van der Waals surface area contributed by atoms with Gasteiger partial charge >= 0.3 is 0 Å². The molecule has 2 aromatic carbocycles. The van der Waals surface area contributed by atoms with Gasteiger partial charge in [-0.1, -0.05) is 6.07 Å². The van der Waals surface area contributed by atoms with E-state index in [1.54, 1.807) is 12.1 Å². The van der Waals surface area contributed by atoms with Crippen molar-refractivity contribution in [2.75, 3.05) is 6.61 Å². The molecule has 1 aliphatic heterocycles. The third-order valence-corrected chi connectivity index (χ3v) is 4.05. The maximum atomic E-state index is 13.3. The number of hydrogen-bond acceptors (Lipinski definition) is 3. The topological polar surface area (TPSA) is 58.6 Å². The summed E-state index contributed by atoms with van der Waals surface area (Å²) in [5.74, 6) is -0.850. The van der Waals surface area contributed by atoms with Gasteiger partial charge in [-0.05, 0) is 47.9 Å². The fourth-order valence-corrected chi connectivity index (χ4v) is 2.72. The smallest absolute Gasteiger partial charge is 0.227 e. The van der Waals surface area contributed by atoms with Crippen molar-refractivity contribution in [2.45, 2.75) is 19.6 Å². The van der Waals surface area contributed by atoms with Crippen LogP contribution in [0.5, 0.6) is 5.75 Å². The first kappa shape index (κ1) is 16.4. The van der Waals surface area contributed by atoms with E-state index < -0.39 is 18.3 Å². The predicted molar refractivity (Wildman–Crippen MR) is 83.3 cm³/mol. The average Bonchev–Trinajstić information content (AvgIpc) is 2.60. The first-order valence-electron chi connectivity index (χ1n) is 7.64. The van der Waals surface area contributed by atoms with Crippen molar-refractivity contribution in [3.63, 3.8) is 0 Å². The zero-order valence-corrected chi connectivity index (χ0v) is 12.9. The molecule has 24 heavy (non-hydrogen) atoms. The first-order chi connectivity index (χ1) is 11.6. The van der Waals surface area contributed by atoms with E-state index in [4.69, 9.17) is 9.84 Å². The molecular weight excluding hydrogens is 316 g/mol. The molecule has 1 amide bonds. The molecule has 0 saturated carbocycles. The normalized spacial score (nSPS) is 16.2. The monoisotopic (exact) mass is 333 g/mol. The molecule has 0 saturated heterocycles. The van der Waals surface area contributed by atoms with Crippen LogP contribution in [0.15, 0.2) is 36.4 Å². The summed E-state index contributed by atoms with van der Waals surface area (Å²) in [5, 5.41) is 11.8. The Balaban J connectivity index is 1.62. The number of nitrogens with one attached hydrogen (secondary N) is 1. The number of aliphatic hydroxyl groups is 1. The number of hydrogen-bond donors (Lipinski definition) is 2. The summed E-state index contributed by atoms with van der Waals surface area (Å²) in [6.45, 7) is 0.0564. The number of ether oxygens (including phenoxy) is 1. The Bertz CT molecular complexity index is 764. The second-order valence-corrected chi connectivity index (χ2v) is 5.77. The molecule has 4 nitrogen and oxygen atoms in total. The maximum Gasteiger partial charge on any atom is 0.227 e. The molecule has 1 atom stereocenters. The third kappa shape index (κ3) is 3.54. The molecule has 2 aromatic rings. The van der Waals surface area contributed by atoms with Crippen molar-refractivity contribution in [3.8, 4) is 5.75 Å². The lowest BCUT2D eigenvalue weighted by Gasteiger charge is -2.24. The Labute approximate surface area is 138 Å². The molecule has 1 aliphatic rings. The van der Waals surface area contributed by atoms with Crippen molar-refractivity contribution in [2.24, 2.45) is 5.92 Å². The van der Waals surface area contributed by atoms with Gasteiger partial charge in [0.05, 0.1) is 12.5 Å². The summed E-state index contributed by atoms with van der Waals surface area (Å²) in [7, 11) is 0. The number of amides is 1. The molecule has 0 aromatic heterocycles. The Morgan fingerprint density at radius 3 is 2.88 bits per heavy atom. The number of rotatable bonds is 4. The second-order valence-electron chi connectivity index (χ2n) is 5.77. The van der Waals surface area contributed by atoms with Crippen LogP contribution in [0.2, 0.25) is 0 Å². The maximum absolute atomic E-state index is 13.3. The molecule has 0 aliphatic carbocycles. The van der Waals surface area contributed by atoms with E-state index in [2.05, 4.69) is 5.32 Å². The molecular formula is C18H17F2NO3. The largest absolute Gasteiger partial charge is 0.492 e. The molecule has 0 radical (unpaired) electrons. The molecule has 1 unspecified atom stereocenters. The van der Waals surface area contributed by atoms with Gasteiger partial charge in [0.2, 0.25) is 5.91 Å². The van der Waals surface area contributed by atoms with Crippen molar-refractivity contribution in [1.82, 2.24) is 5.32 Å². The van der Waals surface area contributed by atoms with E-state index in [-0.39, 0.29) is 30.4 Å². The van der Waals surface area contributed by atoms with E-state index in [9.17, 15) is 13.6 Å². The van der Waals surface area contributed by atoms with Gasteiger partial charge in [0, 0.05) is 12.1 Å². The Kier molecular flexibility index (Phi) is 4.76. The highest BCUT2D eigenvalue weighted by Gasteiger charge is 2.26. The number of fused-ring (bicyclic) bond motifs is 1. The van der Waals surface area contributed by atoms with Gasteiger partial charge in [-0.25, -0.2) is 8.78 Å². The Morgan fingerprint density at radius 2 is 2.08 bits per heavy atom. The fraction of sp³-hybridized carbons (Fsp3) is 0.278. The van der Waals surface area contributed by atoms with E-state index >= 15 is 0 Å². The SMILES string of the molecule is O=C(NCc1ccc(F)c(CO)c1)C1COc2ccc(F)cc2C1. The van der Waals surface area contributed by atoms with E-state index in [1.165, 1.54) is 24.3 Å². The molecule has 0 spiro atoms. The Hall–Kier alpha value is -2.47. The summed E-state index contributed by atoms with van der Waals surface area (Å²) < 4.78 is 32.1. The van der Waals surface area contributed by atoms with Crippen LogP contribution in [0.1, 0.15) is 16.7 Å². The molecule has 126 valence electrons.